The first-order chi connectivity index (χ1) is 20.6. The fraction of sp³-hybridized carbons (Fsp3) is 0.545. The molecule has 3 aliphatic heterocycles. The fourth-order valence-corrected chi connectivity index (χ4v) is 6.56. The Balaban J connectivity index is 1.29. The standard InChI is InChI=1S/C33H44N6O4/c1-22-19-38(15-16-39(22)32(41)43-33(2,3)4)30-27-12-14-37(29-18-25(40)17-23-9-6-7-11-26(23)29)20-28(27)34-31(35-30)42-21-24-10-8-13-36(24)5/h6-7,9,11,17-18,22,24,40H,8,10,12-16,19-21H2,1-5H3/t22-,24+/m1/s1. The van der Waals surface area contributed by atoms with Crippen molar-refractivity contribution in [1.82, 2.24) is 19.8 Å². The lowest BCUT2D eigenvalue weighted by Gasteiger charge is -2.42. The van der Waals surface area contributed by atoms with E-state index in [4.69, 9.17) is 19.4 Å². The SMILES string of the molecule is C[C@@H]1CN(c2nc(OC[C@@H]3CCCN3C)nc3c2CCN(c2cc(O)cc4ccccc24)C3)CCN1C(=O)OC(C)(C)C. The Bertz CT molecular complexity index is 1490. The van der Waals surface area contributed by atoms with Crippen LogP contribution in [0.2, 0.25) is 0 Å². The largest absolute Gasteiger partial charge is 0.508 e. The van der Waals surface area contributed by atoms with Gasteiger partial charge in [0.1, 0.15) is 23.8 Å². The molecule has 0 spiro atoms. The summed E-state index contributed by atoms with van der Waals surface area (Å²) in [4.78, 5) is 31.6. The molecule has 0 bridgehead atoms. The molecule has 3 aromatic rings. The van der Waals surface area contributed by atoms with Crippen LogP contribution in [0.15, 0.2) is 36.4 Å². The molecule has 2 fully saturated rings. The van der Waals surface area contributed by atoms with Crippen molar-refractivity contribution in [3.63, 3.8) is 0 Å². The summed E-state index contributed by atoms with van der Waals surface area (Å²) in [6, 6.07) is 12.5. The van der Waals surface area contributed by atoms with E-state index < -0.39 is 5.60 Å². The van der Waals surface area contributed by atoms with Crippen LogP contribution in [0.1, 0.15) is 51.8 Å². The van der Waals surface area contributed by atoms with Crippen molar-refractivity contribution in [2.45, 2.75) is 71.2 Å². The number of hydrogen-bond acceptors (Lipinski definition) is 9. The minimum atomic E-state index is -0.536. The van der Waals surface area contributed by atoms with Gasteiger partial charge in [0, 0.05) is 61.0 Å². The van der Waals surface area contributed by atoms with E-state index >= 15 is 0 Å². The highest BCUT2D eigenvalue weighted by atomic mass is 16.6. The zero-order chi connectivity index (χ0) is 30.3. The lowest BCUT2D eigenvalue weighted by Crippen LogP contribution is -2.55. The Morgan fingerprint density at radius 3 is 2.63 bits per heavy atom. The Labute approximate surface area is 254 Å². The monoisotopic (exact) mass is 588 g/mol. The first-order valence-electron chi connectivity index (χ1n) is 15.5. The van der Waals surface area contributed by atoms with Gasteiger partial charge in [0.2, 0.25) is 0 Å². The number of nitrogens with zero attached hydrogens (tertiary/aromatic N) is 6. The summed E-state index contributed by atoms with van der Waals surface area (Å²) in [6.07, 6.45) is 2.77. The number of fused-ring (bicyclic) bond motifs is 2. The van der Waals surface area contributed by atoms with E-state index in [0.717, 1.165) is 59.5 Å². The number of aromatic nitrogens is 2. The van der Waals surface area contributed by atoms with Gasteiger partial charge >= 0.3 is 12.1 Å². The van der Waals surface area contributed by atoms with E-state index in [9.17, 15) is 9.90 Å². The predicted octanol–water partition coefficient (Wildman–Crippen LogP) is 4.82. The van der Waals surface area contributed by atoms with Crippen LogP contribution in [0.25, 0.3) is 10.8 Å². The summed E-state index contributed by atoms with van der Waals surface area (Å²) < 4.78 is 12.0. The Kier molecular flexibility index (Phi) is 7.98. The van der Waals surface area contributed by atoms with Gasteiger partial charge in [-0.25, -0.2) is 4.79 Å². The Hall–Kier alpha value is -3.79. The number of likely N-dealkylation sites (N-methyl/N-ethyl adjacent to an activating group) is 1. The third kappa shape index (κ3) is 6.30. The highest BCUT2D eigenvalue weighted by Gasteiger charge is 2.34. The van der Waals surface area contributed by atoms with Crippen molar-refractivity contribution in [3.05, 3.63) is 47.7 Å². The number of piperazine rings is 1. The van der Waals surface area contributed by atoms with Crippen molar-refractivity contribution >= 4 is 28.4 Å². The average molecular weight is 589 g/mol. The summed E-state index contributed by atoms with van der Waals surface area (Å²) in [5.41, 5.74) is 2.53. The molecule has 1 aromatic heterocycles. The topological polar surface area (TPSA) is 94.5 Å². The summed E-state index contributed by atoms with van der Waals surface area (Å²) in [6.45, 7) is 12.6. The van der Waals surface area contributed by atoms with Crippen LogP contribution in [0.4, 0.5) is 16.3 Å². The average Bonchev–Trinajstić information content (AvgIpc) is 3.38. The number of hydrogen-bond donors (Lipinski definition) is 1. The lowest BCUT2D eigenvalue weighted by atomic mass is 10.0. The number of benzene rings is 2. The van der Waals surface area contributed by atoms with Crippen LogP contribution >= 0.6 is 0 Å². The third-order valence-electron chi connectivity index (χ3n) is 8.82. The smallest absolute Gasteiger partial charge is 0.410 e. The van der Waals surface area contributed by atoms with Crippen molar-refractivity contribution in [2.75, 3.05) is 56.2 Å². The minimum Gasteiger partial charge on any atom is -0.508 e. The minimum absolute atomic E-state index is 0.0375. The van der Waals surface area contributed by atoms with Gasteiger partial charge in [0.05, 0.1) is 12.2 Å². The number of phenolic OH excluding ortho intramolecular Hbond substituents is 1. The summed E-state index contributed by atoms with van der Waals surface area (Å²) in [5.74, 6) is 1.15. The van der Waals surface area contributed by atoms with E-state index in [-0.39, 0.29) is 17.9 Å². The number of anilines is 2. The van der Waals surface area contributed by atoms with Crippen molar-refractivity contribution in [3.8, 4) is 11.8 Å². The molecular weight excluding hydrogens is 544 g/mol. The van der Waals surface area contributed by atoms with Crippen LogP contribution < -0.4 is 14.5 Å². The lowest BCUT2D eigenvalue weighted by molar-refractivity contribution is 0.0158. The van der Waals surface area contributed by atoms with Gasteiger partial charge in [-0.1, -0.05) is 24.3 Å². The third-order valence-corrected chi connectivity index (χ3v) is 8.82. The molecule has 0 radical (unpaired) electrons. The second kappa shape index (κ2) is 11.7. The highest BCUT2D eigenvalue weighted by Crippen LogP contribution is 2.37. The quantitative estimate of drug-likeness (QED) is 0.450. The maximum absolute atomic E-state index is 12.9. The molecule has 2 aromatic carbocycles. The van der Waals surface area contributed by atoms with Gasteiger partial charge in [0.25, 0.3) is 0 Å². The van der Waals surface area contributed by atoms with E-state index in [2.05, 4.69) is 34.7 Å². The van der Waals surface area contributed by atoms with Crippen LogP contribution in [0.5, 0.6) is 11.8 Å². The number of likely N-dealkylation sites (tertiary alicyclic amines) is 1. The molecule has 1 amide bonds. The van der Waals surface area contributed by atoms with Crippen molar-refractivity contribution < 1.29 is 19.4 Å². The van der Waals surface area contributed by atoms with Gasteiger partial charge in [-0.2, -0.15) is 9.97 Å². The maximum Gasteiger partial charge on any atom is 0.410 e. The van der Waals surface area contributed by atoms with E-state index in [1.54, 1.807) is 6.07 Å². The molecule has 43 heavy (non-hydrogen) atoms. The molecule has 10 nitrogen and oxygen atoms in total. The van der Waals surface area contributed by atoms with Gasteiger partial charge in [-0.05, 0) is 72.0 Å². The second-order valence-corrected chi connectivity index (χ2v) is 13.2. The number of phenols is 1. The van der Waals surface area contributed by atoms with E-state index in [1.807, 2.05) is 49.9 Å². The molecule has 1 N–H and O–H groups in total. The van der Waals surface area contributed by atoms with Crippen molar-refractivity contribution in [2.24, 2.45) is 0 Å². The van der Waals surface area contributed by atoms with Gasteiger partial charge in [0.15, 0.2) is 0 Å². The zero-order valence-corrected chi connectivity index (χ0v) is 26.0. The number of ether oxygens (including phenoxy) is 2. The number of carbonyl (C=O) groups excluding carboxylic acids is 1. The van der Waals surface area contributed by atoms with Crippen LogP contribution in [-0.2, 0) is 17.7 Å². The van der Waals surface area contributed by atoms with Crippen LogP contribution in [0, 0.1) is 0 Å². The number of aromatic hydroxyl groups is 1. The van der Waals surface area contributed by atoms with Crippen LogP contribution in [-0.4, -0.2) is 95.0 Å². The summed E-state index contributed by atoms with van der Waals surface area (Å²) in [7, 11) is 2.14. The van der Waals surface area contributed by atoms with E-state index in [0.29, 0.717) is 44.8 Å². The second-order valence-electron chi connectivity index (χ2n) is 13.2. The first kappa shape index (κ1) is 29.3. The molecule has 6 rings (SSSR count). The summed E-state index contributed by atoms with van der Waals surface area (Å²) in [5, 5.41) is 12.6. The maximum atomic E-state index is 12.9. The highest BCUT2D eigenvalue weighted by molar-refractivity contribution is 5.95. The summed E-state index contributed by atoms with van der Waals surface area (Å²) >= 11 is 0. The molecule has 4 heterocycles. The number of carbonyl (C=O) groups is 1. The molecule has 2 atom stereocenters. The molecule has 0 saturated carbocycles. The van der Waals surface area contributed by atoms with Gasteiger partial charge < -0.3 is 34.2 Å². The molecule has 230 valence electrons. The normalized spacial score (nSPS) is 21.3. The molecule has 10 heteroatoms. The fourth-order valence-electron chi connectivity index (χ4n) is 6.56. The van der Waals surface area contributed by atoms with Gasteiger partial charge in [-0.15, -0.1) is 0 Å². The molecule has 3 aliphatic rings. The molecule has 2 saturated heterocycles. The van der Waals surface area contributed by atoms with Crippen molar-refractivity contribution in [1.29, 1.82) is 0 Å². The zero-order valence-electron chi connectivity index (χ0n) is 26.0. The van der Waals surface area contributed by atoms with E-state index in [1.165, 1.54) is 6.42 Å². The Morgan fingerprint density at radius 2 is 1.88 bits per heavy atom. The number of rotatable bonds is 5. The van der Waals surface area contributed by atoms with Gasteiger partial charge in [-0.3, -0.25) is 0 Å². The predicted molar refractivity (Wildman–Crippen MR) is 168 cm³/mol. The molecular formula is C33H44N6O4. The number of amides is 1. The first-order valence-corrected chi connectivity index (χ1v) is 15.5. The Morgan fingerprint density at radius 1 is 1.07 bits per heavy atom. The van der Waals surface area contributed by atoms with Crippen LogP contribution in [0.3, 0.4) is 0 Å². The molecule has 0 unspecified atom stereocenters. The molecule has 0 aliphatic carbocycles.